The molecule has 1 aromatic heterocycles. The number of thioether (sulfide) groups is 1. The summed E-state index contributed by atoms with van der Waals surface area (Å²) >= 11 is 1.59. The highest BCUT2D eigenvalue weighted by Gasteiger charge is 2.08. The molecule has 1 N–H and O–H groups in total. The lowest BCUT2D eigenvalue weighted by molar-refractivity contribution is 0.522. The summed E-state index contributed by atoms with van der Waals surface area (Å²) < 4.78 is 0. The van der Waals surface area contributed by atoms with Gasteiger partial charge >= 0.3 is 0 Å². The van der Waals surface area contributed by atoms with Crippen molar-refractivity contribution in [2.45, 2.75) is 44.4 Å². The smallest absolute Gasteiger partial charge is 0.187 e. The summed E-state index contributed by atoms with van der Waals surface area (Å²) in [7, 11) is 0. The van der Waals surface area contributed by atoms with Crippen LogP contribution in [0.2, 0.25) is 0 Å². The van der Waals surface area contributed by atoms with Gasteiger partial charge in [-0.25, -0.2) is 9.97 Å². The minimum Gasteiger partial charge on any atom is -0.300 e. The molecule has 0 bridgehead atoms. The topological polar surface area (TPSA) is 61.6 Å². The van der Waals surface area contributed by atoms with Gasteiger partial charge in [-0.1, -0.05) is 11.8 Å². The SMILES string of the molecule is Cc1ccnc(SCCC(C#N)NC(C)C)n1. The molecule has 0 spiro atoms. The van der Waals surface area contributed by atoms with Crippen LogP contribution in [0.5, 0.6) is 0 Å². The summed E-state index contributed by atoms with van der Waals surface area (Å²) in [5.74, 6) is 0.849. The first-order valence-electron chi connectivity index (χ1n) is 5.70. The molecule has 0 saturated carbocycles. The van der Waals surface area contributed by atoms with Crippen molar-refractivity contribution in [2.24, 2.45) is 0 Å². The molecule has 0 aliphatic rings. The standard InChI is InChI=1S/C12H18N4S/c1-9(2)15-11(8-13)5-7-17-12-14-6-4-10(3)16-12/h4,6,9,11,15H,5,7H2,1-3H3. The van der Waals surface area contributed by atoms with Crippen molar-refractivity contribution in [2.75, 3.05) is 5.75 Å². The summed E-state index contributed by atoms with van der Waals surface area (Å²) in [4.78, 5) is 8.48. The summed E-state index contributed by atoms with van der Waals surface area (Å²) in [6, 6.07) is 4.39. The Bertz CT molecular complexity index is 386. The van der Waals surface area contributed by atoms with Gasteiger partial charge in [-0.2, -0.15) is 5.26 Å². The van der Waals surface area contributed by atoms with Crippen LogP contribution in [0.4, 0.5) is 0 Å². The Labute approximate surface area is 107 Å². The van der Waals surface area contributed by atoms with E-state index in [4.69, 9.17) is 5.26 Å². The van der Waals surface area contributed by atoms with Crippen LogP contribution in [0.1, 0.15) is 26.0 Å². The fraction of sp³-hybridized carbons (Fsp3) is 0.583. The van der Waals surface area contributed by atoms with Crippen molar-refractivity contribution in [1.82, 2.24) is 15.3 Å². The van der Waals surface area contributed by atoms with Crippen LogP contribution in [0.25, 0.3) is 0 Å². The molecule has 0 saturated heterocycles. The molecule has 17 heavy (non-hydrogen) atoms. The Morgan fingerprint density at radius 3 is 2.88 bits per heavy atom. The minimum absolute atomic E-state index is 0.0905. The van der Waals surface area contributed by atoms with E-state index in [2.05, 4.69) is 21.4 Å². The fourth-order valence-corrected chi connectivity index (χ4v) is 2.23. The van der Waals surface area contributed by atoms with Gasteiger partial charge in [-0.3, -0.25) is 5.32 Å². The average Bonchev–Trinajstić information content (AvgIpc) is 2.27. The Morgan fingerprint density at radius 2 is 2.29 bits per heavy atom. The second kappa shape index (κ2) is 7.25. The van der Waals surface area contributed by atoms with Gasteiger partial charge in [-0.15, -0.1) is 0 Å². The molecule has 1 heterocycles. The first-order chi connectivity index (χ1) is 8.11. The van der Waals surface area contributed by atoms with E-state index in [0.717, 1.165) is 23.0 Å². The first-order valence-corrected chi connectivity index (χ1v) is 6.68. The van der Waals surface area contributed by atoms with Crippen molar-refractivity contribution >= 4 is 11.8 Å². The third-order valence-corrected chi connectivity index (χ3v) is 3.00. The zero-order chi connectivity index (χ0) is 12.7. The van der Waals surface area contributed by atoms with Crippen LogP contribution in [0.15, 0.2) is 17.4 Å². The molecule has 1 aromatic rings. The molecule has 4 nitrogen and oxygen atoms in total. The van der Waals surface area contributed by atoms with Gasteiger partial charge in [0.1, 0.15) is 0 Å². The number of hydrogen-bond acceptors (Lipinski definition) is 5. The zero-order valence-corrected chi connectivity index (χ0v) is 11.3. The highest BCUT2D eigenvalue weighted by molar-refractivity contribution is 7.99. The van der Waals surface area contributed by atoms with E-state index in [1.807, 2.05) is 26.8 Å². The number of aromatic nitrogens is 2. The molecule has 0 aromatic carbocycles. The van der Waals surface area contributed by atoms with Crippen molar-refractivity contribution in [3.05, 3.63) is 18.0 Å². The Kier molecular flexibility index (Phi) is 5.95. The van der Waals surface area contributed by atoms with Gasteiger partial charge in [-0.05, 0) is 33.3 Å². The van der Waals surface area contributed by atoms with Crippen LogP contribution >= 0.6 is 11.8 Å². The maximum atomic E-state index is 8.96. The van der Waals surface area contributed by atoms with Gasteiger partial charge in [0.05, 0.1) is 12.1 Å². The summed E-state index contributed by atoms with van der Waals surface area (Å²) in [6.07, 6.45) is 2.56. The monoisotopic (exact) mass is 250 g/mol. The van der Waals surface area contributed by atoms with Gasteiger partial charge in [0.25, 0.3) is 0 Å². The van der Waals surface area contributed by atoms with Gasteiger partial charge in [0, 0.05) is 23.7 Å². The second-order valence-corrected chi connectivity index (χ2v) is 5.18. The number of aryl methyl sites for hydroxylation is 1. The van der Waals surface area contributed by atoms with E-state index in [0.29, 0.717) is 6.04 Å². The Balaban J connectivity index is 2.34. The van der Waals surface area contributed by atoms with Crippen LogP contribution < -0.4 is 5.32 Å². The molecular formula is C12H18N4S. The lowest BCUT2D eigenvalue weighted by Crippen LogP contribution is -2.33. The van der Waals surface area contributed by atoms with Crippen LogP contribution in [0.3, 0.4) is 0 Å². The third kappa shape index (κ3) is 5.66. The third-order valence-electron chi connectivity index (χ3n) is 2.10. The molecule has 5 heteroatoms. The summed E-state index contributed by atoms with van der Waals surface area (Å²) in [6.45, 7) is 6.03. The van der Waals surface area contributed by atoms with Crippen molar-refractivity contribution in [1.29, 1.82) is 5.26 Å². The maximum Gasteiger partial charge on any atom is 0.187 e. The predicted molar refractivity (Wildman–Crippen MR) is 69.8 cm³/mol. The van der Waals surface area contributed by atoms with E-state index in [-0.39, 0.29) is 6.04 Å². The van der Waals surface area contributed by atoms with E-state index in [1.165, 1.54) is 0 Å². The molecular weight excluding hydrogens is 232 g/mol. The molecule has 1 rings (SSSR count). The van der Waals surface area contributed by atoms with E-state index < -0.39 is 0 Å². The van der Waals surface area contributed by atoms with Crippen molar-refractivity contribution in [3.63, 3.8) is 0 Å². The first kappa shape index (κ1) is 13.9. The average molecular weight is 250 g/mol. The second-order valence-electron chi connectivity index (χ2n) is 4.12. The normalized spacial score (nSPS) is 12.4. The van der Waals surface area contributed by atoms with E-state index >= 15 is 0 Å². The van der Waals surface area contributed by atoms with Crippen molar-refractivity contribution < 1.29 is 0 Å². The summed E-state index contributed by atoms with van der Waals surface area (Å²) in [5, 5.41) is 13.0. The molecule has 92 valence electrons. The van der Waals surface area contributed by atoms with Gasteiger partial charge < -0.3 is 0 Å². The molecule has 1 unspecified atom stereocenters. The number of nitrogens with zero attached hydrogens (tertiary/aromatic N) is 3. The van der Waals surface area contributed by atoms with Crippen LogP contribution in [0, 0.1) is 18.3 Å². The lowest BCUT2D eigenvalue weighted by atomic mass is 10.2. The van der Waals surface area contributed by atoms with Crippen LogP contribution in [-0.4, -0.2) is 27.8 Å². The lowest BCUT2D eigenvalue weighted by Gasteiger charge is -2.13. The molecule has 0 amide bonds. The fourth-order valence-electron chi connectivity index (χ4n) is 1.35. The van der Waals surface area contributed by atoms with Gasteiger partial charge in [0.15, 0.2) is 5.16 Å². The van der Waals surface area contributed by atoms with Crippen LogP contribution in [-0.2, 0) is 0 Å². The van der Waals surface area contributed by atoms with Gasteiger partial charge in [0.2, 0.25) is 0 Å². The zero-order valence-electron chi connectivity index (χ0n) is 10.5. The summed E-state index contributed by atoms with van der Waals surface area (Å²) in [5.41, 5.74) is 0.972. The number of hydrogen-bond donors (Lipinski definition) is 1. The predicted octanol–water partition coefficient (Wildman–Crippen LogP) is 2.16. The minimum atomic E-state index is -0.0905. The molecule has 0 fully saturated rings. The van der Waals surface area contributed by atoms with E-state index in [9.17, 15) is 0 Å². The Hall–Kier alpha value is -1.12. The quantitative estimate of drug-likeness (QED) is 0.619. The number of nitrogens with one attached hydrogen (secondary N) is 1. The van der Waals surface area contributed by atoms with E-state index in [1.54, 1.807) is 18.0 Å². The number of nitriles is 1. The molecule has 0 aliphatic heterocycles. The Morgan fingerprint density at radius 1 is 1.53 bits per heavy atom. The number of rotatable bonds is 6. The van der Waals surface area contributed by atoms with Crippen molar-refractivity contribution in [3.8, 4) is 6.07 Å². The molecule has 1 atom stereocenters. The highest BCUT2D eigenvalue weighted by Crippen LogP contribution is 2.14. The maximum absolute atomic E-state index is 8.96. The molecule has 0 aliphatic carbocycles. The largest absolute Gasteiger partial charge is 0.300 e. The highest BCUT2D eigenvalue weighted by atomic mass is 32.2. The molecule has 0 radical (unpaired) electrons.